The molecule has 0 saturated carbocycles. The quantitative estimate of drug-likeness (QED) is 0.611. The van der Waals surface area contributed by atoms with E-state index < -0.39 is 16.8 Å². The van der Waals surface area contributed by atoms with Crippen molar-refractivity contribution in [3.05, 3.63) is 60.3 Å². The molecule has 0 spiro atoms. The number of rotatable bonds is 6. The van der Waals surface area contributed by atoms with Crippen molar-refractivity contribution < 1.29 is 13.8 Å². The second-order valence-corrected chi connectivity index (χ2v) is 7.67. The molecule has 7 heteroatoms. The summed E-state index contributed by atoms with van der Waals surface area (Å²) in [6, 6.07) is 14.0. The number of carbonyl (C=O) groups excluding carboxylic acids is 2. The van der Waals surface area contributed by atoms with E-state index in [1.807, 2.05) is 30.5 Å². The maximum absolute atomic E-state index is 12.8. The topological polar surface area (TPSA) is 91.1 Å². The normalized spacial score (nSPS) is 13.1. The summed E-state index contributed by atoms with van der Waals surface area (Å²) in [4.78, 5) is 28.2. The van der Waals surface area contributed by atoms with E-state index in [1.165, 1.54) is 6.92 Å². The number of para-hydroxylation sites is 1. The van der Waals surface area contributed by atoms with E-state index in [1.54, 1.807) is 30.5 Å². The van der Waals surface area contributed by atoms with Crippen LogP contribution in [0.3, 0.4) is 0 Å². The van der Waals surface area contributed by atoms with Gasteiger partial charge in [0.2, 0.25) is 11.8 Å². The average molecular weight is 383 g/mol. The smallest absolute Gasteiger partial charge is 0.247 e. The molecule has 1 aromatic heterocycles. The lowest BCUT2D eigenvalue weighted by Gasteiger charge is -2.17. The Bertz CT molecular complexity index is 1010. The highest BCUT2D eigenvalue weighted by Crippen LogP contribution is 2.20. The van der Waals surface area contributed by atoms with Gasteiger partial charge in [-0.2, -0.15) is 0 Å². The number of H-pyrrole nitrogens is 1. The van der Waals surface area contributed by atoms with Crippen LogP contribution in [-0.4, -0.2) is 33.3 Å². The second kappa shape index (κ2) is 8.18. The number of anilines is 1. The highest BCUT2D eigenvalue weighted by molar-refractivity contribution is 7.84. The molecule has 2 atom stereocenters. The zero-order valence-electron chi connectivity index (χ0n) is 15.1. The first-order valence-corrected chi connectivity index (χ1v) is 10.1. The van der Waals surface area contributed by atoms with Gasteiger partial charge >= 0.3 is 0 Å². The van der Waals surface area contributed by atoms with Gasteiger partial charge in [0.25, 0.3) is 0 Å². The monoisotopic (exact) mass is 383 g/mol. The van der Waals surface area contributed by atoms with Crippen molar-refractivity contribution in [1.29, 1.82) is 0 Å². The standard InChI is InChI=1S/C20H21N3O3S/c1-13(24)22-19(10-14-12-21-18-9-4-3-8-17(14)18)20(25)23-15-6-5-7-16(11-15)27(2)26/h3-9,11-12,19,21H,10H2,1-2H3,(H,22,24)(H,23,25). The lowest BCUT2D eigenvalue weighted by atomic mass is 10.0. The molecule has 0 radical (unpaired) electrons. The van der Waals surface area contributed by atoms with E-state index in [-0.39, 0.29) is 11.8 Å². The zero-order valence-corrected chi connectivity index (χ0v) is 15.9. The highest BCUT2D eigenvalue weighted by Gasteiger charge is 2.21. The Morgan fingerprint density at radius 2 is 1.93 bits per heavy atom. The Morgan fingerprint density at radius 3 is 2.67 bits per heavy atom. The van der Waals surface area contributed by atoms with Crippen molar-refractivity contribution in [3.63, 3.8) is 0 Å². The van der Waals surface area contributed by atoms with Crippen molar-refractivity contribution in [1.82, 2.24) is 10.3 Å². The fraction of sp³-hybridized carbons (Fsp3) is 0.200. The maximum Gasteiger partial charge on any atom is 0.247 e. The largest absolute Gasteiger partial charge is 0.361 e. The minimum absolute atomic E-state index is 0.279. The van der Waals surface area contributed by atoms with Crippen LogP contribution < -0.4 is 10.6 Å². The van der Waals surface area contributed by atoms with E-state index in [0.717, 1.165) is 16.5 Å². The summed E-state index contributed by atoms with van der Waals surface area (Å²) in [5, 5.41) is 6.54. The third-order valence-corrected chi connectivity index (χ3v) is 5.14. The molecule has 3 aromatic rings. The number of carbonyl (C=O) groups is 2. The maximum atomic E-state index is 12.8. The molecule has 3 N–H and O–H groups in total. The molecule has 27 heavy (non-hydrogen) atoms. The van der Waals surface area contributed by atoms with E-state index in [2.05, 4.69) is 15.6 Å². The number of aromatic amines is 1. The summed E-state index contributed by atoms with van der Waals surface area (Å²) in [6.07, 6.45) is 3.79. The predicted octanol–water partition coefficient (Wildman–Crippen LogP) is 2.59. The zero-order chi connectivity index (χ0) is 19.4. The summed E-state index contributed by atoms with van der Waals surface area (Å²) < 4.78 is 11.6. The molecule has 2 amide bonds. The summed E-state index contributed by atoms with van der Waals surface area (Å²) in [5.74, 6) is -0.604. The van der Waals surface area contributed by atoms with Gasteiger partial charge in [-0.1, -0.05) is 24.3 Å². The van der Waals surface area contributed by atoms with Gasteiger partial charge in [-0.05, 0) is 29.8 Å². The number of aromatic nitrogens is 1. The number of fused-ring (bicyclic) bond motifs is 1. The summed E-state index contributed by atoms with van der Waals surface area (Å²) >= 11 is 0. The fourth-order valence-corrected chi connectivity index (χ4v) is 3.52. The van der Waals surface area contributed by atoms with Crippen molar-refractivity contribution in [2.75, 3.05) is 11.6 Å². The number of benzene rings is 2. The number of amides is 2. The predicted molar refractivity (Wildman–Crippen MR) is 107 cm³/mol. The Kier molecular flexibility index (Phi) is 5.71. The Labute approximate surface area is 159 Å². The van der Waals surface area contributed by atoms with Gasteiger partial charge in [-0.15, -0.1) is 0 Å². The van der Waals surface area contributed by atoms with Crippen molar-refractivity contribution in [2.45, 2.75) is 24.3 Å². The number of nitrogens with one attached hydrogen (secondary N) is 3. The van der Waals surface area contributed by atoms with Gasteiger partial charge in [0, 0.05) is 58.1 Å². The molecule has 140 valence electrons. The third kappa shape index (κ3) is 4.62. The van der Waals surface area contributed by atoms with Gasteiger partial charge in [-0.25, -0.2) is 0 Å². The van der Waals surface area contributed by atoms with Crippen LogP contribution in [0.5, 0.6) is 0 Å². The van der Waals surface area contributed by atoms with Gasteiger partial charge in [-0.3, -0.25) is 13.8 Å². The Morgan fingerprint density at radius 1 is 1.15 bits per heavy atom. The lowest BCUT2D eigenvalue weighted by Crippen LogP contribution is -2.44. The van der Waals surface area contributed by atoms with Crippen LogP contribution in [0.4, 0.5) is 5.69 Å². The van der Waals surface area contributed by atoms with Gasteiger partial charge < -0.3 is 15.6 Å². The van der Waals surface area contributed by atoms with Crippen LogP contribution in [0.2, 0.25) is 0 Å². The molecule has 0 fully saturated rings. The average Bonchev–Trinajstić information content (AvgIpc) is 3.04. The second-order valence-electron chi connectivity index (χ2n) is 6.29. The minimum atomic E-state index is -1.14. The molecule has 6 nitrogen and oxygen atoms in total. The number of hydrogen-bond donors (Lipinski definition) is 3. The molecule has 0 aliphatic heterocycles. The van der Waals surface area contributed by atoms with Crippen LogP contribution in [0.15, 0.2) is 59.6 Å². The van der Waals surface area contributed by atoms with Crippen molar-refractivity contribution in [3.8, 4) is 0 Å². The first kappa shape index (κ1) is 18.8. The highest BCUT2D eigenvalue weighted by atomic mass is 32.2. The molecule has 0 saturated heterocycles. The molecule has 0 aliphatic carbocycles. The van der Waals surface area contributed by atoms with Crippen LogP contribution in [0.1, 0.15) is 12.5 Å². The van der Waals surface area contributed by atoms with E-state index in [9.17, 15) is 13.8 Å². The fourth-order valence-electron chi connectivity index (χ4n) is 2.96. The molecular formula is C20H21N3O3S. The van der Waals surface area contributed by atoms with Gasteiger partial charge in [0.15, 0.2) is 0 Å². The number of hydrogen-bond acceptors (Lipinski definition) is 3. The Hall–Kier alpha value is -2.93. The van der Waals surface area contributed by atoms with Crippen molar-refractivity contribution in [2.24, 2.45) is 0 Å². The first-order valence-electron chi connectivity index (χ1n) is 8.50. The van der Waals surface area contributed by atoms with E-state index >= 15 is 0 Å². The first-order chi connectivity index (χ1) is 12.9. The molecule has 2 aromatic carbocycles. The van der Waals surface area contributed by atoms with Gasteiger partial charge in [0.1, 0.15) is 6.04 Å². The molecule has 0 aliphatic rings. The minimum Gasteiger partial charge on any atom is -0.361 e. The Balaban J connectivity index is 1.81. The van der Waals surface area contributed by atoms with Crippen LogP contribution in [0.25, 0.3) is 10.9 Å². The van der Waals surface area contributed by atoms with Crippen molar-refractivity contribution >= 4 is 39.2 Å². The van der Waals surface area contributed by atoms with E-state index in [0.29, 0.717) is 17.0 Å². The molecule has 1 heterocycles. The summed E-state index contributed by atoms with van der Waals surface area (Å²) in [7, 11) is -1.14. The third-order valence-electron chi connectivity index (χ3n) is 4.23. The SMILES string of the molecule is CC(=O)NC(Cc1c[nH]c2ccccc12)C(=O)Nc1cccc(S(C)=O)c1. The molecule has 2 unspecified atom stereocenters. The van der Waals surface area contributed by atoms with Gasteiger partial charge in [0.05, 0.1) is 0 Å². The molecule has 0 bridgehead atoms. The summed E-state index contributed by atoms with van der Waals surface area (Å²) in [5.41, 5.74) is 2.47. The van der Waals surface area contributed by atoms with Crippen LogP contribution in [0, 0.1) is 0 Å². The molecular weight excluding hydrogens is 362 g/mol. The summed E-state index contributed by atoms with van der Waals surface area (Å²) in [6.45, 7) is 1.39. The van der Waals surface area contributed by atoms with Crippen LogP contribution >= 0.6 is 0 Å². The molecule has 3 rings (SSSR count). The van der Waals surface area contributed by atoms with E-state index in [4.69, 9.17) is 0 Å². The lowest BCUT2D eigenvalue weighted by molar-refractivity contribution is -0.125. The van der Waals surface area contributed by atoms with Crippen LogP contribution in [-0.2, 0) is 26.8 Å².